The predicted molar refractivity (Wildman–Crippen MR) is 91.5 cm³/mol. The highest BCUT2D eigenvalue weighted by molar-refractivity contribution is 14.0. The van der Waals surface area contributed by atoms with E-state index in [0.29, 0.717) is 11.9 Å². The van der Waals surface area contributed by atoms with Gasteiger partial charge in [-0.1, -0.05) is 13.0 Å². The van der Waals surface area contributed by atoms with E-state index in [1.165, 1.54) is 4.88 Å². The molecule has 19 heavy (non-hydrogen) atoms. The summed E-state index contributed by atoms with van der Waals surface area (Å²) in [5.74, 6) is 1.19. The van der Waals surface area contributed by atoms with Gasteiger partial charge in [0.25, 0.3) is 0 Å². The molecule has 0 aromatic carbocycles. The Hall–Kier alpha value is -0.340. The standard InChI is InChI=1S/C13H21N3OS.HI/c1-11(9-12-3-2-8-18-12)10-15-13(14)16-4-6-17-7-5-16;/h2-3,8,11H,4-7,9-10H2,1H3,(H2,14,15);1H. The molecule has 0 spiro atoms. The highest BCUT2D eigenvalue weighted by atomic mass is 127. The van der Waals surface area contributed by atoms with Crippen LogP contribution in [0.2, 0.25) is 0 Å². The second-order valence-corrected chi connectivity index (χ2v) is 5.72. The number of thiophene rings is 1. The van der Waals surface area contributed by atoms with Crippen molar-refractivity contribution in [1.82, 2.24) is 4.90 Å². The number of guanidine groups is 1. The Morgan fingerprint density at radius 3 is 2.89 bits per heavy atom. The largest absolute Gasteiger partial charge is 0.378 e. The van der Waals surface area contributed by atoms with Crippen LogP contribution in [0.15, 0.2) is 22.5 Å². The van der Waals surface area contributed by atoms with Gasteiger partial charge in [-0.05, 0) is 23.8 Å². The van der Waals surface area contributed by atoms with Crippen molar-refractivity contribution in [3.8, 4) is 0 Å². The molecule has 108 valence electrons. The van der Waals surface area contributed by atoms with Crippen molar-refractivity contribution in [3.63, 3.8) is 0 Å². The Balaban J connectivity index is 0.00000180. The summed E-state index contributed by atoms with van der Waals surface area (Å²) < 4.78 is 5.29. The van der Waals surface area contributed by atoms with E-state index in [0.717, 1.165) is 39.3 Å². The summed E-state index contributed by atoms with van der Waals surface area (Å²) in [4.78, 5) is 8.02. The van der Waals surface area contributed by atoms with Crippen LogP contribution in [0.5, 0.6) is 0 Å². The summed E-state index contributed by atoms with van der Waals surface area (Å²) in [6, 6.07) is 4.27. The van der Waals surface area contributed by atoms with Crippen molar-refractivity contribution in [2.45, 2.75) is 13.3 Å². The van der Waals surface area contributed by atoms with E-state index in [9.17, 15) is 0 Å². The van der Waals surface area contributed by atoms with Crippen LogP contribution in [0.4, 0.5) is 0 Å². The molecule has 1 saturated heterocycles. The van der Waals surface area contributed by atoms with Gasteiger partial charge in [-0.25, -0.2) is 0 Å². The molecular formula is C13H22IN3OS. The van der Waals surface area contributed by atoms with Crippen molar-refractivity contribution in [2.24, 2.45) is 16.6 Å². The third-order valence-corrected chi connectivity index (χ3v) is 3.93. The van der Waals surface area contributed by atoms with E-state index in [-0.39, 0.29) is 24.0 Å². The molecule has 1 aliphatic heterocycles. The van der Waals surface area contributed by atoms with Crippen LogP contribution in [0.3, 0.4) is 0 Å². The van der Waals surface area contributed by atoms with Gasteiger partial charge in [0.1, 0.15) is 0 Å². The van der Waals surface area contributed by atoms with Gasteiger partial charge in [0.05, 0.1) is 13.2 Å². The Kier molecular flexibility index (Phi) is 7.70. The van der Waals surface area contributed by atoms with E-state index in [1.807, 2.05) is 0 Å². The second kappa shape index (κ2) is 8.76. The highest BCUT2D eigenvalue weighted by Gasteiger charge is 2.12. The lowest BCUT2D eigenvalue weighted by Gasteiger charge is -2.27. The Morgan fingerprint density at radius 2 is 2.26 bits per heavy atom. The minimum Gasteiger partial charge on any atom is -0.378 e. The van der Waals surface area contributed by atoms with Crippen molar-refractivity contribution in [1.29, 1.82) is 0 Å². The number of nitrogens with two attached hydrogens (primary N) is 1. The predicted octanol–water partition coefficient (Wildman–Crippen LogP) is 2.19. The van der Waals surface area contributed by atoms with E-state index < -0.39 is 0 Å². The Morgan fingerprint density at radius 1 is 1.53 bits per heavy atom. The van der Waals surface area contributed by atoms with Crippen LogP contribution < -0.4 is 5.73 Å². The van der Waals surface area contributed by atoms with E-state index >= 15 is 0 Å². The molecule has 1 atom stereocenters. The molecule has 4 nitrogen and oxygen atoms in total. The number of aliphatic imine (C=N–C) groups is 1. The molecule has 0 aliphatic carbocycles. The summed E-state index contributed by atoms with van der Waals surface area (Å²) >= 11 is 1.81. The third kappa shape index (κ3) is 5.66. The van der Waals surface area contributed by atoms with Gasteiger partial charge in [0, 0.05) is 24.5 Å². The zero-order valence-electron chi connectivity index (χ0n) is 11.2. The average molecular weight is 395 g/mol. The molecule has 0 radical (unpaired) electrons. The number of ether oxygens (including phenoxy) is 1. The van der Waals surface area contributed by atoms with Gasteiger partial charge in [0.2, 0.25) is 0 Å². The van der Waals surface area contributed by atoms with Crippen molar-refractivity contribution in [3.05, 3.63) is 22.4 Å². The van der Waals surface area contributed by atoms with Crippen molar-refractivity contribution in [2.75, 3.05) is 32.8 Å². The lowest BCUT2D eigenvalue weighted by molar-refractivity contribution is 0.0674. The molecule has 1 fully saturated rings. The van der Waals surface area contributed by atoms with E-state index in [1.54, 1.807) is 11.3 Å². The van der Waals surface area contributed by atoms with Gasteiger partial charge in [-0.3, -0.25) is 4.99 Å². The zero-order chi connectivity index (χ0) is 12.8. The lowest BCUT2D eigenvalue weighted by Crippen LogP contribution is -2.45. The number of halogens is 1. The van der Waals surface area contributed by atoms with Crippen LogP contribution in [0.25, 0.3) is 0 Å². The van der Waals surface area contributed by atoms with Gasteiger partial charge in [-0.15, -0.1) is 35.3 Å². The van der Waals surface area contributed by atoms with Crippen LogP contribution in [-0.2, 0) is 11.2 Å². The number of rotatable bonds is 4. The molecule has 2 heterocycles. The van der Waals surface area contributed by atoms with Crippen LogP contribution in [0, 0.1) is 5.92 Å². The fourth-order valence-electron chi connectivity index (χ4n) is 1.98. The number of morpholine rings is 1. The minimum atomic E-state index is 0. The van der Waals surface area contributed by atoms with Crippen molar-refractivity contribution >= 4 is 41.3 Å². The first kappa shape index (κ1) is 16.7. The summed E-state index contributed by atoms with van der Waals surface area (Å²) in [6.07, 6.45) is 1.08. The summed E-state index contributed by atoms with van der Waals surface area (Å²) in [5.41, 5.74) is 5.99. The Bertz CT molecular complexity index is 377. The monoisotopic (exact) mass is 395 g/mol. The molecule has 1 unspecified atom stereocenters. The Labute approximate surface area is 136 Å². The van der Waals surface area contributed by atoms with Crippen LogP contribution in [0.1, 0.15) is 11.8 Å². The maximum Gasteiger partial charge on any atom is 0.191 e. The summed E-state index contributed by atoms with van der Waals surface area (Å²) in [7, 11) is 0. The average Bonchev–Trinajstić information content (AvgIpc) is 2.90. The first-order valence-electron chi connectivity index (χ1n) is 6.40. The first-order valence-corrected chi connectivity index (χ1v) is 7.28. The number of hydrogen-bond acceptors (Lipinski definition) is 3. The smallest absolute Gasteiger partial charge is 0.191 e. The quantitative estimate of drug-likeness (QED) is 0.483. The molecule has 1 aromatic heterocycles. The van der Waals surface area contributed by atoms with E-state index in [4.69, 9.17) is 10.5 Å². The van der Waals surface area contributed by atoms with Gasteiger partial charge in [-0.2, -0.15) is 0 Å². The molecule has 0 saturated carbocycles. The molecule has 0 bridgehead atoms. The third-order valence-electron chi connectivity index (χ3n) is 3.03. The first-order chi connectivity index (χ1) is 8.75. The molecule has 1 aromatic rings. The molecular weight excluding hydrogens is 373 g/mol. The van der Waals surface area contributed by atoms with Crippen LogP contribution >= 0.6 is 35.3 Å². The fourth-order valence-corrected chi connectivity index (χ4v) is 2.85. The molecule has 2 N–H and O–H groups in total. The topological polar surface area (TPSA) is 50.8 Å². The fraction of sp³-hybridized carbons (Fsp3) is 0.615. The molecule has 0 amide bonds. The van der Waals surface area contributed by atoms with E-state index in [2.05, 4.69) is 34.3 Å². The maximum atomic E-state index is 5.99. The number of nitrogens with zero attached hydrogens (tertiary/aromatic N) is 2. The molecule has 1 aliphatic rings. The van der Waals surface area contributed by atoms with Crippen molar-refractivity contribution < 1.29 is 4.74 Å². The maximum absolute atomic E-state index is 5.99. The normalized spacial score (nSPS) is 17.9. The molecule has 6 heteroatoms. The highest BCUT2D eigenvalue weighted by Crippen LogP contribution is 2.14. The summed E-state index contributed by atoms with van der Waals surface area (Å²) in [5, 5.41) is 2.12. The zero-order valence-corrected chi connectivity index (χ0v) is 14.4. The lowest BCUT2D eigenvalue weighted by atomic mass is 10.1. The SMILES string of the molecule is CC(CN=C(N)N1CCOCC1)Cc1cccs1.I. The minimum absolute atomic E-state index is 0. The van der Waals surface area contributed by atoms with Gasteiger partial charge >= 0.3 is 0 Å². The second-order valence-electron chi connectivity index (χ2n) is 4.69. The summed E-state index contributed by atoms with van der Waals surface area (Å²) in [6.45, 7) is 6.22. The van der Waals surface area contributed by atoms with Crippen LogP contribution in [-0.4, -0.2) is 43.7 Å². The van der Waals surface area contributed by atoms with Gasteiger partial charge < -0.3 is 15.4 Å². The molecule has 2 rings (SSSR count). The van der Waals surface area contributed by atoms with Gasteiger partial charge in [0.15, 0.2) is 5.96 Å². The number of hydrogen-bond donors (Lipinski definition) is 1.